The molecule has 0 aliphatic carbocycles. The smallest absolute Gasteiger partial charge is 0.399 e. The Morgan fingerprint density at radius 1 is 1.43 bits per heavy atom. The molecule has 0 aromatic heterocycles. The molecule has 0 amide bonds. The maximum absolute atomic E-state index is 11.8. The van der Waals surface area contributed by atoms with Crippen molar-refractivity contribution in [3.63, 3.8) is 0 Å². The Morgan fingerprint density at radius 3 is 2.00 bits per heavy atom. The first kappa shape index (κ1) is 11.0. The first-order valence-corrected chi connectivity index (χ1v) is 4.45. The van der Waals surface area contributed by atoms with Gasteiger partial charge in [0.15, 0.2) is 0 Å². The molecule has 0 aromatic carbocycles. The molecule has 0 unspecified atom stereocenters. The van der Waals surface area contributed by atoms with Gasteiger partial charge < -0.3 is 10.3 Å². The molecule has 0 saturated carbocycles. The first-order valence-electron chi connectivity index (χ1n) is 4.45. The minimum absolute atomic E-state index is 0.106. The Kier molecular flexibility index (Phi) is 2.11. The van der Waals surface area contributed by atoms with Crippen molar-refractivity contribution < 1.29 is 14.6 Å². The van der Waals surface area contributed by atoms with Gasteiger partial charge in [-0.3, -0.25) is 0 Å². The Labute approximate surface area is 83.2 Å². The molecule has 80 valence electrons. The van der Waals surface area contributed by atoms with Crippen molar-refractivity contribution in [2.45, 2.75) is 38.9 Å². The highest BCUT2D eigenvalue weighted by Gasteiger charge is 2.57. The number of hydrogen-bond acceptors (Lipinski definition) is 3. The lowest BCUT2D eigenvalue weighted by Crippen LogP contribution is -2.51. The van der Waals surface area contributed by atoms with E-state index in [1.807, 2.05) is 0 Å². The molecular weight excluding hydrogens is 184 g/mol. The van der Waals surface area contributed by atoms with Crippen LogP contribution in [0.1, 0.15) is 27.7 Å². The summed E-state index contributed by atoms with van der Waals surface area (Å²) >= 11 is 0. The van der Waals surface area contributed by atoms with Crippen LogP contribution in [0.4, 0.5) is 0 Å². The molecule has 1 aliphatic rings. The van der Waals surface area contributed by atoms with Gasteiger partial charge in [0.25, 0.3) is 5.71 Å². The highest BCUT2D eigenvalue weighted by atomic mass is 16.5. The zero-order valence-corrected chi connectivity index (χ0v) is 9.16. The van der Waals surface area contributed by atoms with Gasteiger partial charge in [-0.2, -0.15) is 4.74 Å². The second kappa shape index (κ2) is 2.70. The van der Waals surface area contributed by atoms with E-state index in [-0.39, 0.29) is 5.71 Å². The van der Waals surface area contributed by atoms with Crippen LogP contribution in [0.3, 0.4) is 0 Å². The average Bonchev–Trinajstić information content (AvgIpc) is 2.10. The highest BCUT2D eigenvalue weighted by Crippen LogP contribution is 2.32. The van der Waals surface area contributed by atoms with Crippen LogP contribution in [0.2, 0.25) is 0 Å². The Hall–Kier alpha value is -1.10. The number of hydrogen-bond donors (Lipinski definition) is 1. The summed E-state index contributed by atoms with van der Waals surface area (Å²) in [5.74, 6) is -1.15. The zero-order valence-electron chi connectivity index (χ0n) is 9.16. The molecule has 0 atom stereocenters. The lowest BCUT2D eigenvalue weighted by Gasteiger charge is -2.31. The van der Waals surface area contributed by atoms with Gasteiger partial charge in [-0.25, -0.2) is 9.69 Å². The van der Waals surface area contributed by atoms with E-state index in [2.05, 4.69) is 0 Å². The molecule has 1 aliphatic heterocycles. The number of carbonyl (C=O) groups is 1. The quantitative estimate of drug-likeness (QED) is 0.494. The second-order valence-corrected chi connectivity index (χ2v) is 4.56. The number of rotatable bonds is 1. The van der Waals surface area contributed by atoms with Gasteiger partial charge >= 0.3 is 5.97 Å². The summed E-state index contributed by atoms with van der Waals surface area (Å²) in [6, 6.07) is 0. The summed E-state index contributed by atoms with van der Waals surface area (Å²) < 4.78 is 0.579. The fourth-order valence-electron chi connectivity index (χ4n) is 1.85. The molecule has 5 heteroatoms. The van der Waals surface area contributed by atoms with Crippen LogP contribution in [0.15, 0.2) is 0 Å². The largest absolute Gasteiger partial charge is 0.622 e. The summed E-state index contributed by atoms with van der Waals surface area (Å²) in [6.45, 7) is 6.88. The Bertz CT molecular complexity index is 318. The molecule has 1 rings (SSSR count). The predicted molar refractivity (Wildman–Crippen MR) is 52.2 cm³/mol. The normalized spacial score (nSPS) is 25.5. The minimum Gasteiger partial charge on any atom is -0.622 e. The van der Waals surface area contributed by atoms with Crippen LogP contribution in [-0.2, 0) is 4.79 Å². The summed E-state index contributed by atoms with van der Waals surface area (Å²) in [4.78, 5) is 12.7. The number of hydroxylamine groups is 1. The van der Waals surface area contributed by atoms with Crippen molar-refractivity contribution in [2.75, 3.05) is 7.05 Å². The lowest BCUT2D eigenvalue weighted by molar-refractivity contribution is -0.556. The number of aliphatic carboxylic acids is 1. The molecule has 0 radical (unpaired) electrons. The van der Waals surface area contributed by atoms with E-state index < -0.39 is 17.2 Å². The first-order chi connectivity index (χ1) is 6.13. The van der Waals surface area contributed by atoms with E-state index in [0.717, 1.165) is 0 Å². The van der Waals surface area contributed by atoms with Crippen molar-refractivity contribution in [1.29, 1.82) is 0 Å². The van der Waals surface area contributed by atoms with Crippen molar-refractivity contribution in [3.8, 4) is 0 Å². The molecule has 0 spiro atoms. The molecule has 0 saturated heterocycles. The Balaban J connectivity index is 3.37. The molecule has 5 nitrogen and oxygen atoms in total. The van der Waals surface area contributed by atoms with Gasteiger partial charge in [0.1, 0.15) is 5.54 Å². The predicted octanol–water partition coefficient (Wildman–Crippen LogP) is 0.482. The summed E-state index contributed by atoms with van der Waals surface area (Å²) in [5, 5.41) is 20.7. The molecule has 14 heavy (non-hydrogen) atoms. The van der Waals surface area contributed by atoms with E-state index in [1.54, 1.807) is 39.6 Å². The third kappa shape index (κ3) is 1.12. The van der Waals surface area contributed by atoms with Gasteiger partial charge in [-0.15, -0.1) is 0 Å². The van der Waals surface area contributed by atoms with Crippen molar-refractivity contribution >= 4 is 11.7 Å². The zero-order chi connectivity index (χ0) is 11.3. The summed E-state index contributed by atoms with van der Waals surface area (Å²) in [5.41, 5.74) is -1.65. The highest BCUT2D eigenvalue weighted by molar-refractivity contribution is 6.37. The van der Waals surface area contributed by atoms with Crippen molar-refractivity contribution in [1.82, 2.24) is 4.90 Å². The Morgan fingerprint density at radius 2 is 1.86 bits per heavy atom. The van der Waals surface area contributed by atoms with Crippen molar-refractivity contribution in [3.05, 3.63) is 5.21 Å². The second-order valence-electron chi connectivity index (χ2n) is 4.56. The molecular formula is C9H16N2O3. The standard InChI is InChI=1S/C9H16N2O3/c1-8(2)6(7(12)13)11(14)9(3,4)10(8)5/h1-5H3,(H,12,13). The topological polar surface area (TPSA) is 66.6 Å². The van der Waals surface area contributed by atoms with Gasteiger partial charge in [-0.1, -0.05) is 0 Å². The van der Waals surface area contributed by atoms with Gasteiger partial charge in [0, 0.05) is 13.8 Å². The lowest BCUT2D eigenvalue weighted by atomic mass is 9.97. The van der Waals surface area contributed by atoms with Crippen LogP contribution in [0, 0.1) is 5.21 Å². The maximum Gasteiger partial charge on any atom is 0.399 e. The van der Waals surface area contributed by atoms with E-state index >= 15 is 0 Å². The van der Waals surface area contributed by atoms with Gasteiger partial charge in [-0.05, 0) is 20.9 Å². The SMILES string of the molecule is CN1C(C)(C)C(C(=O)O)=[N+]([O-])C1(C)C. The molecule has 0 fully saturated rings. The molecule has 0 aromatic rings. The number of carboxylic acids is 1. The van der Waals surface area contributed by atoms with E-state index in [0.29, 0.717) is 4.74 Å². The summed E-state index contributed by atoms with van der Waals surface area (Å²) in [6.07, 6.45) is 0. The van der Waals surface area contributed by atoms with E-state index in [4.69, 9.17) is 5.11 Å². The number of carboxylic acid groups (broad SMARTS) is 1. The summed E-state index contributed by atoms with van der Waals surface area (Å²) in [7, 11) is 1.75. The van der Waals surface area contributed by atoms with Crippen LogP contribution in [0.5, 0.6) is 0 Å². The maximum atomic E-state index is 11.8. The fourth-order valence-corrected chi connectivity index (χ4v) is 1.85. The van der Waals surface area contributed by atoms with E-state index in [9.17, 15) is 10.0 Å². The van der Waals surface area contributed by atoms with Crippen LogP contribution in [0.25, 0.3) is 0 Å². The average molecular weight is 200 g/mol. The van der Waals surface area contributed by atoms with E-state index in [1.165, 1.54) is 0 Å². The van der Waals surface area contributed by atoms with Gasteiger partial charge in [0.2, 0.25) is 5.66 Å². The fraction of sp³-hybridized carbons (Fsp3) is 0.778. The number of nitrogens with zero attached hydrogens (tertiary/aromatic N) is 2. The van der Waals surface area contributed by atoms with Crippen molar-refractivity contribution in [2.24, 2.45) is 0 Å². The molecule has 0 bridgehead atoms. The third-order valence-corrected chi connectivity index (χ3v) is 3.14. The van der Waals surface area contributed by atoms with Crippen LogP contribution < -0.4 is 0 Å². The molecule has 1 N–H and O–H groups in total. The van der Waals surface area contributed by atoms with Crippen LogP contribution in [-0.4, -0.2) is 44.7 Å². The third-order valence-electron chi connectivity index (χ3n) is 3.14. The molecule has 1 heterocycles. The van der Waals surface area contributed by atoms with Crippen LogP contribution >= 0.6 is 0 Å². The minimum atomic E-state index is -1.15. The van der Waals surface area contributed by atoms with Gasteiger partial charge in [0.05, 0.1) is 0 Å². The monoisotopic (exact) mass is 200 g/mol.